The van der Waals surface area contributed by atoms with Gasteiger partial charge in [-0.3, -0.25) is 4.79 Å². The van der Waals surface area contributed by atoms with Crippen LogP contribution in [0.2, 0.25) is 0 Å². The number of sulfonamides is 1. The van der Waals surface area contributed by atoms with E-state index < -0.39 is 15.9 Å². The molecular formula is C12H13N3O5S. The number of benzene rings is 1. The molecule has 0 aliphatic heterocycles. The molecule has 0 atom stereocenters. The van der Waals surface area contributed by atoms with Gasteiger partial charge in [-0.15, -0.1) is 0 Å². The molecule has 1 amide bonds. The zero-order valence-electron chi connectivity index (χ0n) is 11.1. The molecule has 0 unspecified atom stereocenters. The SMILES string of the molecule is COc1ccc(CNC(=O)c2ccon2)cc1S(N)(=O)=O. The van der Waals surface area contributed by atoms with Crippen LogP contribution < -0.4 is 15.2 Å². The number of nitrogens with zero attached hydrogens (tertiary/aromatic N) is 1. The molecule has 0 saturated carbocycles. The number of nitrogens with one attached hydrogen (secondary N) is 1. The van der Waals surface area contributed by atoms with Crippen molar-refractivity contribution in [2.24, 2.45) is 5.14 Å². The third kappa shape index (κ3) is 3.58. The van der Waals surface area contributed by atoms with Gasteiger partial charge in [0.05, 0.1) is 7.11 Å². The third-order valence-electron chi connectivity index (χ3n) is 2.66. The van der Waals surface area contributed by atoms with Gasteiger partial charge in [-0.2, -0.15) is 0 Å². The van der Waals surface area contributed by atoms with Gasteiger partial charge in [0.1, 0.15) is 16.9 Å². The van der Waals surface area contributed by atoms with Crippen LogP contribution in [-0.2, 0) is 16.6 Å². The van der Waals surface area contributed by atoms with E-state index in [1.807, 2.05) is 0 Å². The summed E-state index contributed by atoms with van der Waals surface area (Å²) in [5, 5.41) is 11.2. The van der Waals surface area contributed by atoms with Crippen LogP contribution in [0.15, 0.2) is 39.9 Å². The van der Waals surface area contributed by atoms with Crippen molar-refractivity contribution in [1.82, 2.24) is 10.5 Å². The van der Waals surface area contributed by atoms with Gasteiger partial charge in [-0.05, 0) is 17.7 Å². The highest BCUT2D eigenvalue weighted by atomic mass is 32.2. The van der Waals surface area contributed by atoms with E-state index in [1.165, 1.54) is 31.6 Å². The third-order valence-corrected chi connectivity index (χ3v) is 3.59. The first-order chi connectivity index (χ1) is 9.91. The fourth-order valence-electron chi connectivity index (χ4n) is 1.66. The molecule has 0 saturated heterocycles. The van der Waals surface area contributed by atoms with Crippen molar-refractivity contribution >= 4 is 15.9 Å². The van der Waals surface area contributed by atoms with E-state index in [-0.39, 0.29) is 22.9 Å². The molecule has 1 aromatic heterocycles. The molecule has 0 aliphatic rings. The van der Waals surface area contributed by atoms with Gasteiger partial charge < -0.3 is 14.6 Å². The average Bonchev–Trinajstić information content (AvgIpc) is 2.97. The quantitative estimate of drug-likeness (QED) is 0.816. The summed E-state index contributed by atoms with van der Waals surface area (Å²) in [6.45, 7) is 0.109. The van der Waals surface area contributed by atoms with E-state index in [0.717, 1.165) is 0 Å². The predicted octanol–water partition coefficient (Wildman–Crippen LogP) is 0.261. The minimum Gasteiger partial charge on any atom is -0.495 e. The van der Waals surface area contributed by atoms with E-state index in [1.54, 1.807) is 6.07 Å². The van der Waals surface area contributed by atoms with Crippen LogP contribution in [0.5, 0.6) is 5.75 Å². The fourth-order valence-corrected chi connectivity index (χ4v) is 2.40. The van der Waals surface area contributed by atoms with E-state index >= 15 is 0 Å². The van der Waals surface area contributed by atoms with Crippen LogP contribution in [0, 0.1) is 0 Å². The molecule has 2 aromatic rings. The maximum absolute atomic E-state index is 11.7. The summed E-state index contributed by atoms with van der Waals surface area (Å²) in [4.78, 5) is 11.5. The number of hydrogen-bond acceptors (Lipinski definition) is 6. The Morgan fingerprint density at radius 1 is 1.43 bits per heavy atom. The predicted molar refractivity (Wildman–Crippen MR) is 72.0 cm³/mol. The number of ether oxygens (including phenoxy) is 1. The number of rotatable bonds is 5. The Balaban J connectivity index is 2.16. The Kier molecular flexibility index (Phi) is 4.24. The normalized spacial score (nSPS) is 11.1. The number of amides is 1. The molecule has 112 valence electrons. The smallest absolute Gasteiger partial charge is 0.273 e. The minimum absolute atomic E-state index is 0.109. The maximum Gasteiger partial charge on any atom is 0.273 e. The Labute approximate surface area is 120 Å². The van der Waals surface area contributed by atoms with Crippen molar-refractivity contribution in [3.8, 4) is 5.75 Å². The summed E-state index contributed by atoms with van der Waals surface area (Å²) >= 11 is 0. The van der Waals surface area contributed by atoms with E-state index in [2.05, 4.69) is 15.0 Å². The first-order valence-corrected chi connectivity index (χ1v) is 7.35. The van der Waals surface area contributed by atoms with Crippen molar-refractivity contribution in [3.05, 3.63) is 41.8 Å². The molecule has 0 fully saturated rings. The van der Waals surface area contributed by atoms with Gasteiger partial charge in [-0.1, -0.05) is 11.2 Å². The van der Waals surface area contributed by atoms with Crippen LogP contribution in [0.25, 0.3) is 0 Å². The van der Waals surface area contributed by atoms with Gasteiger partial charge >= 0.3 is 0 Å². The van der Waals surface area contributed by atoms with Gasteiger partial charge in [0, 0.05) is 12.6 Å². The van der Waals surface area contributed by atoms with E-state index in [0.29, 0.717) is 5.56 Å². The monoisotopic (exact) mass is 311 g/mol. The Hall–Kier alpha value is -2.39. The summed E-state index contributed by atoms with van der Waals surface area (Å²) in [6.07, 6.45) is 1.28. The highest BCUT2D eigenvalue weighted by molar-refractivity contribution is 7.89. The average molecular weight is 311 g/mol. The topological polar surface area (TPSA) is 125 Å². The van der Waals surface area contributed by atoms with E-state index in [4.69, 9.17) is 9.88 Å². The summed E-state index contributed by atoms with van der Waals surface area (Å²) < 4.78 is 32.5. The van der Waals surface area contributed by atoms with Crippen molar-refractivity contribution in [3.63, 3.8) is 0 Å². The zero-order chi connectivity index (χ0) is 15.5. The van der Waals surface area contributed by atoms with Crippen molar-refractivity contribution < 1.29 is 22.5 Å². The molecular weight excluding hydrogens is 298 g/mol. The van der Waals surface area contributed by atoms with Crippen LogP contribution in [0.4, 0.5) is 0 Å². The van der Waals surface area contributed by atoms with Gasteiger partial charge in [-0.25, -0.2) is 13.6 Å². The first-order valence-electron chi connectivity index (χ1n) is 5.80. The largest absolute Gasteiger partial charge is 0.495 e. The van der Waals surface area contributed by atoms with E-state index in [9.17, 15) is 13.2 Å². The highest BCUT2D eigenvalue weighted by Gasteiger charge is 2.16. The molecule has 9 heteroatoms. The van der Waals surface area contributed by atoms with Crippen molar-refractivity contribution in [1.29, 1.82) is 0 Å². The second-order valence-electron chi connectivity index (χ2n) is 4.10. The van der Waals surface area contributed by atoms with Crippen molar-refractivity contribution in [2.75, 3.05) is 7.11 Å². The minimum atomic E-state index is -3.91. The molecule has 0 radical (unpaired) electrons. The summed E-state index contributed by atoms with van der Waals surface area (Å²) in [7, 11) is -2.57. The molecule has 1 aromatic carbocycles. The number of aromatic nitrogens is 1. The lowest BCUT2D eigenvalue weighted by atomic mass is 10.2. The van der Waals surface area contributed by atoms with Gasteiger partial charge in [0.15, 0.2) is 5.69 Å². The number of carbonyl (C=O) groups is 1. The lowest BCUT2D eigenvalue weighted by Gasteiger charge is -2.09. The second kappa shape index (κ2) is 5.94. The van der Waals surface area contributed by atoms with Crippen LogP contribution in [-0.4, -0.2) is 26.6 Å². The molecule has 0 aliphatic carbocycles. The van der Waals surface area contributed by atoms with Gasteiger partial charge in [0.2, 0.25) is 10.0 Å². The molecule has 0 spiro atoms. The number of methoxy groups -OCH3 is 1. The maximum atomic E-state index is 11.7. The molecule has 1 heterocycles. The first kappa shape index (κ1) is 15.0. The van der Waals surface area contributed by atoms with Crippen LogP contribution in [0.3, 0.4) is 0 Å². The standard InChI is InChI=1S/C12H13N3O5S/c1-19-10-3-2-8(6-11(10)21(13,17)18)7-14-12(16)9-4-5-20-15-9/h2-6H,7H2,1H3,(H,14,16)(H2,13,17,18). The number of carbonyl (C=O) groups excluding carboxylic acids is 1. The molecule has 3 N–H and O–H groups in total. The number of hydrogen-bond donors (Lipinski definition) is 2. The Morgan fingerprint density at radius 2 is 2.19 bits per heavy atom. The molecule has 0 bridgehead atoms. The lowest BCUT2D eigenvalue weighted by Crippen LogP contribution is -2.23. The van der Waals surface area contributed by atoms with Crippen LogP contribution in [0.1, 0.15) is 16.1 Å². The Bertz CT molecular complexity index is 740. The zero-order valence-corrected chi connectivity index (χ0v) is 11.9. The molecule has 2 rings (SSSR count). The molecule has 8 nitrogen and oxygen atoms in total. The molecule has 21 heavy (non-hydrogen) atoms. The number of primary sulfonamides is 1. The highest BCUT2D eigenvalue weighted by Crippen LogP contribution is 2.23. The fraction of sp³-hybridized carbons (Fsp3) is 0.167. The lowest BCUT2D eigenvalue weighted by molar-refractivity contribution is 0.0942. The number of nitrogens with two attached hydrogens (primary N) is 1. The summed E-state index contributed by atoms with van der Waals surface area (Å²) in [6, 6.07) is 5.85. The summed E-state index contributed by atoms with van der Waals surface area (Å²) in [5.74, 6) is -0.291. The summed E-state index contributed by atoms with van der Waals surface area (Å²) in [5.41, 5.74) is 0.687. The second-order valence-corrected chi connectivity index (χ2v) is 5.63. The Morgan fingerprint density at radius 3 is 2.76 bits per heavy atom. The van der Waals surface area contributed by atoms with Gasteiger partial charge in [0.25, 0.3) is 5.91 Å². The van der Waals surface area contributed by atoms with Crippen LogP contribution >= 0.6 is 0 Å². The van der Waals surface area contributed by atoms with Crippen molar-refractivity contribution in [2.45, 2.75) is 11.4 Å².